The smallest absolute Gasteiger partial charge is 0.216 e. The highest BCUT2D eigenvalue weighted by Crippen LogP contribution is 1.99. The molecule has 0 aromatic carbocycles. The summed E-state index contributed by atoms with van der Waals surface area (Å²) in [6, 6.07) is 1.45. The van der Waals surface area contributed by atoms with Crippen molar-refractivity contribution < 1.29 is 12.9 Å². The molecule has 0 amide bonds. The van der Waals surface area contributed by atoms with Gasteiger partial charge in [0.2, 0.25) is 10.0 Å². The lowest BCUT2D eigenvalue weighted by Crippen LogP contribution is -2.13. The van der Waals surface area contributed by atoms with Gasteiger partial charge >= 0.3 is 0 Å². The molecular formula is C4H6N2O3S. The molecule has 2 N–H and O–H groups in total. The monoisotopic (exact) mass is 162 g/mol. The minimum absolute atomic E-state index is 0.252. The fourth-order valence-corrected chi connectivity index (χ4v) is 1.06. The summed E-state index contributed by atoms with van der Waals surface area (Å²) in [7, 11) is -3.48. The van der Waals surface area contributed by atoms with Crippen molar-refractivity contribution in [2.75, 3.05) is 0 Å². The van der Waals surface area contributed by atoms with Gasteiger partial charge in [-0.15, -0.1) is 0 Å². The van der Waals surface area contributed by atoms with Crippen LogP contribution in [0.4, 0.5) is 0 Å². The lowest BCUT2D eigenvalue weighted by Gasteiger charge is -1.89. The van der Waals surface area contributed by atoms with Crippen molar-refractivity contribution in [1.29, 1.82) is 0 Å². The van der Waals surface area contributed by atoms with Gasteiger partial charge in [0.05, 0.1) is 6.20 Å². The predicted molar refractivity (Wildman–Crippen MR) is 33.3 cm³/mol. The van der Waals surface area contributed by atoms with E-state index in [0.29, 0.717) is 0 Å². The van der Waals surface area contributed by atoms with Crippen molar-refractivity contribution in [2.24, 2.45) is 5.14 Å². The van der Waals surface area contributed by atoms with Crippen molar-refractivity contribution in [3.8, 4) is 0 Å². The van der Waals surface area contributed by atoms with Crippen molar-refractivity contribution >= 4 is 10.0 Å². The maximum absolute atomic E-state index is 10.4. The molecule has 1 heterocycles. The van der Waals surface area contributed by atoms with E-state index in [1.165, 1.54) is 12.3 Å². The molecule has 0 unspecified atom stereocenters. The highest BCUT2D eigenvalue weighted by molar-refractivity contribution is 7.88. The van der Waals surface area contributed by atoms with Crippen LogP contribution < -0.4 is 5.14 Å². The van der Waals surface area contributed by atoms with E-state index in [9.17, 15) is 8.42 Å². The van der Waals surface area contributed by atoms with E-state index in [1.807, 2.05) is 0 Å². The molecule has 56 valence electrons. The van der Waals surface area contributed by atoms with Crippen LogP contribution in [0.3, 0.4) is 0 Å². The summed E-state index contributed by atoms with van der Waals surface area (Å²) in [5.41, 5.74) is 0. The molecule has 0 bridgehead atoms. The van der Waals surface area contributed by atoms with Gasteiger partial charge in [0.1, 0.15) is 5.75 Å². The SMILES string of the molecule is NS(=O)(=O)Cc1ccno1. The van der Waals surface area contributed by atoms with Crippen LogP contribution in [-0.2, 0) is 15.8 Å². The maximum atomic E-state index is 10.4. The topological polar surface area (TPSA) is 86.2 Å². The summed E-state index contributed by atoms with van der Waals surface area (Å²) in [5.74, 6) is -0.0463. The highest BCUT2D eigenvalue weighted by Gasteiger charge is 2.06. The third-order valence-corrected chi connectivity index (χ3v) is 1.52. The van der Waals surface area contributed by atoms with Crippen LogP contribution in [0.15, 0.2) is 16.8 Å². The second-order valence-corrected chi connectivity index (χ2v) is 3.40. The minimum atomic E-state index is -3.48. The molecule has 0 aliphatic carbocycles. The molecule has 0 aliphatic heterocycles. The number of hydrogen-bond acceptors (Lipinski definition) is 4. The number of aromatic nitrogens is 1. The molecule has 0 radical (unpaired) electrons. The number of sulfonamides is 1. The first-order chi connectivity index (χ1) is 4.58. The molecule has 0 atom stereocenters. The van der Waals surface area contributed by atoms with E-state index in [1.54, 1.807) is 0 Å². The Morgan fingerprint density at radius 1 is 1.70 bits per heavy atom. The van der Waals surface area contributed by atoms with Crippen LogP contribution >= 0.6 is 0 Å². The first-order valence-corrected chi connectivity index (χ1v) is 4.19. The van der Waals surface area contributed by atoms with Gasteiger partial charge in [-0.3, -0.25) is 0 Å². The van der Waals surface area contributed by atoms with Crippen molar-refractivity contribution in [1.82, 2.24) is 5.16 Å². The zero-order valence-electron chi connectivity index (χ0n) is 5.02. The van der Waals surface area contributed by atoms with Crippen LogP contribution in [0.5, 0.6) is 0 Å². The van der Waals surface area contributed by atoms with E-state index in [-0.39, 0.29) is 11.5 Å². The standard InChI is InChI=1S/C4H6N2O3S/c5-10(7,8)3-4-1-2-6-9-4/h1-2H,3H2,(H2,5,7,8). The molecule has 6 heteroatoms. The van der Waals surface area contributed by atoms with Gasteiger partial charge < -0.3 is 4.52 Å². The van der Waals surface area contributed by atoms with Crippen molar-refractivity contribution in [2.45, 2.75) is 5.75 Å². The Hall–Kier alpha value is -0.880. The normalized spacial score (nSPS) is 11.7. The molecule has 0 saturated heterocycles. The van der Waals surface area contributed by atoms with Crippen molar-refractivity contribution in [3.63, 3.8) is 0 Å². The summed E-state index contributed by atoms with van der Waals surface area (Å²) in [6.07, 6.45) is 1.36. The highest BCUT2D eigenvalue weighted by atomic mass is 32.2. The number of rotatable bonds is 2. The zero-order chi connectivity index (χ0) is 7.61. The van der Waals surface area contributed by atoms with Crippen molar-refractivity contribution in [3.05, 3.63) is 18.0 Å². The van der Waals surface area contributed by atoms with Crippen LogP contribution in [0.1, 0.15) is 5.76 Å². The Labute approximate surface area is 57.9 Å². The van der Waals surface area contributed by atoms with Crippen LogP contribution in [0.2, 0.25) is 0 Å². The second-order valence-electron chi connectivity index (χ2n) is 1.79. The Kier molecular flexibility index (Phi) is 1.73. The number of hydrogen-bond donors (Lipinski definition) is 1. The van der Waals surface area contributed by atoms with Crippen LogP contribution in [0.25, 0.3) is 0 Å². The average Bonchev–Trinajstić information content (AvgIpc) is 2.12. The Balaban J connectivity index is 2.75. The largest absolute Gasteiger partial charge is 0.360 e. The van der Waals surface area contributed by atoms with E-state index < -0.39 is 10.0 Å². The first kappa shape index (κ1) is 7.23. The molecule has 0 spiro atoms. The summed E-state index contributed by atoms with van der Waals surface area (Å²) in [4.78, 5) is 0. The molecule has 1 aromatic heterocycles. The van der Waals surface area contributed by atoms with Gasteiger partial charge in [0.25, 0.3) is 0 Å². The molecule has 0 saturated carbocycles. The molecule has 5 nitrogen and oxygen atoms in total. The lowest BCUT2D eigenvalue weighted by atomic mass is 10.5. The van der Waals surface area contributed by atoms with Gasteiger partial charge in [-0.1, -0.05) is 5.16 Å². The predicted octanol–water partition coefficient (Wildman–Crippen LogP) is -0.537. The molecular weight excluding hydrogens is 156 g/mol. The third-order valence-electron chi connectivity index (χ3n) is 0.835. The van der Waals surface area contributed by atoms with Crippen LogP contribution in [0, 0.1) is 0 Å². The van der Waals surface area contributed by atoms with Gasteiger partial charge in [0.15, 0.2) is 5.76 Å². The fourth-order valence-electron chi connectivity index (χ4n) is 0.515. The van der Waals surface area contributed by atoms with Gasteiger partial charge in [-0.25, -0.2) is 13.6 Å². The fraction of sp³-hybridized carbons (Fsp3) is 0.250. The van der Waals surface area contributed by atoms with Gasteiger partial charge in [0, 0.05) is 6.07 Å². The van der Waals surface area contributed by atoms with Gasteiger partial charge in [-0.2, -0.15) is 0 Å². The minimum Gasteiger partial charge on any atom is -0.360 e. The zero-order valence-corrected chi connectivity index (χ0v) is 5.84. The molecule has 1 aromatic rings. The Bertz CT molecular complexity index is 288. The maximum Gasteiger partial charge on any atom is 0.216 e. The number of nitrogens with two attached hydrogens (primary N) is 1. The summed E-state index contributed by atoms with van der Waals surface area (Å²) < 4.78 is 25.3. The number of primary sulfonamides is 1. The lowest BCUT2D eigenvalue weighted by molar-refractivity contribution is 0.393. The van der Waals surface area contributed by atoms with E-state index >= 15 is 0 Å². The third kappa shape index (κ3) is 2.16. The number of nitrogens with zero attached hydrogens (tertiary/aromatic N) is 1. The molecule has 1 rings (SSSR count). The summed E-state index contributed by atoms with van der Waals surface area (Å²) in [5, 5.41) is 8.02. The molecule has 0 aliphatic rings. The van der Waals surface area contributed by atoms with E-state index in [4.69, 9.17) is 5.14 Å². The first-order valence-electron chi connectivity index (χ1n) is 2.48. The molecule has 0 fully saturated rings. The van der Waals surface area contributed by atoms with E-state index in [2.05, 4.69) is 9.68 Å². The summed E-state index contributed by atoms with van der Waals surface area (Å²) in [6.45, 7) is 0. The Morgan fingerprint density at radius 3 is 2.80 bits per heavy atom. The summed E-state index contributed by atoms with van der Waals surface area (Å²) >= 11 is 0. The van der Waals surface area contributed by atoms with Crippen LogP contribution in [-0.4, -0.2) is 13.6 Å². The molecule has 10 heavy (non-hydrogen) atoms. The average molecular weight is 162 g/mol. The Morgan fingerprint density at radius 2 is 2.40 bits per heavy atom. The van der Waals surface area contributed by atoms with E-state index in [0.717, 1.165) is 0 Å². The van der Waals surface area contributed by atoms with Gasteiger partial charge in [-0.05, 0) is 0 Å². The second kappa shape index (κ2) is 2.39. The quantitative estimate of drug-likeness (QED) is 0.632.